The summed E-state index contributed by atoms with van der Waals surface area (Å²) in [4.78, 5) is 30.7. The fourth-order valence-corrected chi connectivity index (χ4v) is 4.61. The van der Waals surface area contributed by atoms with Crippen LogP contribution in [0, 0.1) is 0 Å². The van der Waals surface area contributed by atoms with Gasteiger partial charge in [-0.25, -0.2) is 9.78 Å². The van der Waals surface area contributed by atoms with Crippen molar-refractivity contribution in [1.82, 2.24) is 9.88 Å². The molecule has 2 aromatic rings. The van der Waals surface area contributed by atoms with E-state index < -0.39 is 5.97 Å². The monoisotopic (exact) mass is 386 g/mol. The molecule has 1 unspecified atom stereocenters. The summed E-state index contributed by atoms with van der Waals surface area (Å²) in [7, 11) is 0. The lowest BCUT2D eigenvalue weighted by molar-refractivity contribution is -0.132. The molecule has 5 nitrogen and oxygen atoms in total. The summed E-state index contributed by atoms with van der Waals surface area (Å²) in [5.41, 5.74) is 2.13. The van der Waals surface area contributed by atoms with Gasteiger partial charge in [-0.3, -0.25) is 4.79 Å². The maximum Gasteiger partial charge on any atom is 0.335 e. The molecule has 2 heterocycles. The largest absolute Gasteiger partial charge is 0.478 e. The standard InChI is InChI=1S/C21H26N2O3S/c1-14(2)18-13-27-20(22-18)16-7-5-11-23(12-16)19(24)10-9-15-6-3-4-8-17(15)21(25)26/h3-4,6,8,13-14,16H,5,7,9-12H2,1-2H3,(H,25,26). The van der Waals surface area contributed by atoms with E-state index in [1.165, 1.54) is 0 Å². The zero-order chi connectivity index (χ0) is 19.4. The lowest BCUT2D eigenvalue weighted by atomic mass is 9.97. The molecular formula is C21H26N2O3S. The molecule has 1 aliphatic rings. The molecule has 0 radical (unpaired) electrons. The van der Waals surface area contributed by atoms with Crippen LogP contribution in [0.2, 0.25) is 0 Å². The fraction of sp³-hybridized carbons (Fsp3) is 0.476. The molecule has 1 aromatic carbocycles. The molecule has 1 aliphatic heterocycles. The summed E-state index contributed by atoms with van der Waals surface area (Å²) in [6.45, 7) is 5.78. The second kappa shape index (κ2) is 8.65. The molecule has 6 heteroatoms. The van der Waals surface area contributed by atoms with Gasteiger partial charge in [0.05, 0.1) is 16.3 Å². The Hall–Kier alpha value is -2.21. The topological polar surface area (TPSA) is 70.5 Å². The third kappa shape index (κ3) is 4.75. The van der Waals surface area contributed by atoms with E-state index in [9.17, 15) is 14.7 Å². The highest BCUT2D eigenvalue weighted by Gasteiger charge is 2.27. The zero-order valence-corrected chi connectivity index (χ0v) is 16.7. The van der Waals surface area contributed by atoms with E-state index in [2.05, 4.69) is 19.2 Å². The molecule has 0 bridgehead atoms. The summed E-state index contributed by atoms with van der Waals surface area (Å²) in [5, 5.41) is 12.5. The number of carboxylic acids is 1. The first-order valence-electron chi connectivity index (χ1n) is 9.50. The number of carbonyl (C=O) groups is 2. The summed E-state index contributed by atoms with van der Waals surface area (Å²) in [5.74, 6) is -0.113. The third-order valence-corrected chi connectivity index (χ3v) is 6.14. The molecule has 1 fully saturated rings. The van der Waals surface area contributed by atoms with Crippen molar-refractivity contribution in [3.05, 3.63) is 51.5 Å². The summed E-state index contributed by atoms with van der Waals surface area (Å²) < 4.78 is 0. The van der Waals surface area contributed by atoms with Crippen LogP contribution < -0.4 is 0 Å². The first kappa shape index (κ1) is 19.5. The van der Waals surface area contributed by atoms with E-state index in [0.29, 0.717) is 36.8 Å². The number of rotatable bonds is 6. The van der Waals surface area contributed by atoms with Crippen molar-refractivity contribution in [3.8, 4) is 0 Å². The van der Waals surface area contributed by atoms with Crippen LogP contribution in [-0.2, 0) is 11.2 Å². The summed E-state index contributed by atoms with van der Waals surface area (Å²) >= 11 is 1.70. The van der Waals surface area contributed by atoms with Crippen LogP contribution in [-0.4, -0.2) is 40.0 Å². The number of carboxylic acid groups (broad SMARTS) is 1. The van der Waals surface area contributed by atoms with Crippen LogP contribution in [0.15, 0.2) is 29.6 Å². The van der Waals surface area contributed by atoms with Gasteiger partial charge in [0, 0.05) is 30.8 Å². The Bertz CT molecular complexity index is 815. The number of carbonyl (C=O) groups excluding carboxylic acids is 1. The van der Waals surface area contributed by atoms with Gasteiger partial charge < -0.3 is 10.0 Å². The zero-order valence-electron chi connectivity index (χ0n) is 15.9. The summed E-state index contributed by atoms with van der Waals surface area (Å²) in [6, 6.07) is 6.91. The lowest BCUT2D eigenvalue weighted by Gasteiger charge is -2.32. The highest BCUT2D eigenvalue weighted by atomic mass is 32.1. The Morgan fingerprint density at radius 1 is 1.33 bits per heavy atom. The molecule has 1 saturated heterocycles. The van der Waals surface area contributed by atoms with Crippen LogP contribution in [0.3, 0.4) is 0 Å². The number of likely N-dealkylation sites (tertiary alicyclic amines) is 1. The number of aryl methyl sites for hydroxylation is 1. The number of piperidine rings is 1. The molecule has 0 saturated carbocycles. The smallest absolute Gasteiger partial charge is 0.335 e. The van der Waals surface area contributed by atoms with Crippen molar-refractivity contribution in [1.29, 1.82) is 0 Å². The van der Waals surface area contributed by atoms with E-state index >= 15 is 0 Å². The molecule has 3 rings (SSSR count). The molecule has 144 valence electrons. The second-order valence-corrected chi connectivity index (χ2v) is 8.30. The van der Waals surface area contributed by atoms with E-state index in [1.807, 2.05) is 11.0 Å². The first-order chi connectivity index (χ1) is 13.0. The predicted molar refractivity (Wildman–Crippen MR) is 106 cm³/mol. The van der Waals surface area contributed by atoms with Crippen molar-refractivity contribution >= 4 is 23.2 Å². The Labute approximate surface area is 164 Å². The van der Waals surface area contributed by atoms with Gasteiger partial charge in [0.2, 0.25) is 5.91 Å². The number of hydrogen-bond donors (Lipinski definition) is 1. The van der Waals surface area contributed by atoms with Gasteiger partial charge >= 0.3 is 5.97 Å². The number of aromatic nitrogens is 1. The highest BCUT2D eigenvalue weighted by Crippen LogP contribution is 2.31. The Kier molecular flexibility index (Phi) is 6.26. The van der Waals surface area contributed by atoms with E-state index in [4.69, 9.17) is 4.98 Å². The third-order valence-electron chi connectivity index (χ3n) is 5.11. The van der Waals surface area contributed by atoms with Crippen molar-refractivity contribution in [2.75, 3.05) is 13.1 Å². The van der Waals surface area contributed by atoms with E-state index in [0.717, 1.165) is 30.1 Å². The number of hydrogen-bond acceptors (Lipinski definition) is 4. The van der Waals surface area contributed by atoms with Crippen LogP contribution >= 0.6 is 11.3 Å². The molecule has 1 aromatic heterocycles. The normalized spacial score (nSPS) is 17.3. The Morgan fingerprint density at radius 2 is 2.11 bits per heavy atom. The number of nitrogens with zero attached hydrogens (tertiary/aromatic N) is 2. The fourth-order valence-electron chi connectivity index (χ4n) is 3.51. The SMILES string of the molecule is CC(C)c1csc(C2CCCN(C(=O)CCc3ccccc3C(=O)O)C2)n1. The lowest BCUT2D eigenvalue weighted by Crippen LogP contribution is -2.39. The highest BCUT2D eigenvalue weighted by molar-refractivity contribution is 7.09. The average molecular weight is 387 g/mol. The van der Waals surface area contributed by atoms with Crippen molar-refractivity contribution in [2.45, 2.75) is 51.4 Å². The van der Waals surface area contributed by atoms with Gasteiger partial charge in [0.15, 0.2) is 0 Å². The van der Waals surface area contributed by atoms with E-state index in [1.54, 1.807) is 29.5 Å². The van der Waals surface area contributed by atoms with E-state index in [-0.39, 0.29) is 11.5 Å². The van der Waals surface area contributed by atoms with Crippen molar-refractivity contribution in [3.63, 3.8) is 0 Å². The number of aromatic carboxylic acids is 1. The maximum absolute atomic E-state index is 12.7. The van der Waals surface area contributed by atoms with Crippen LogP contribution in [0.4, 0.5) is 0 Å². The molecule has 0 spiro atoms. The number of amides is 1. The molecule has 1 atom stereocenters. The maximum atomic E-state index is 12.7. The quantitative estimate of drug-likeness (QED) is 0.803. The average Bonchev–Trinajstić information content (AvgIpc) is 3.17. The number of benzene rings is 1. The Balaban J connectivity index is 1.61. The van der Waals surface area contributed by atoms with Gasteiger partial charge in [-0.05, 0) is 36.8 Å². The molecule has 0 aliphatic carbocycles. The van der Waals surface area contributed by atoms with Crippen molar-refractivity contribution in [2.24, 2.45) is 0 Å². The van der Waals surface area contributed by atoms with Gasteiger partial charge in [0.1, 0.15) is 0 Å². The van der Waals surface area contributed by atoms with Crippen LogP contribution in [0.25, 0.3) is 0 Å². The Morgan fingerprint density at radius 3 is 2.81 bits per heavy atom. The summed E-state index contributed by atoms with van der Waals surface area (Å²) in [6.07, 6.45) is 2.85. The van der Waals surface area contributed by atoms with Crippen LogP contribution in [0.5, 0.6) is 0 Å². The molecule has 1 N–H and O–H groups in total. The predicted octanol–water partition coefficient (Wildman–Crippen LogP) is 4.30. The minimum absolute atomic E-state index is 0.0977. The second-order valence-electron chi connectivity index (χ2n) is 7.41. The first-order valence-corrected chi connectivity index (χ1v) is 10.4. The van der Waals surface area contributed by atoms with Gasteiger partial charge in [-0.1, -0.05) is 32.0 Å². The molecule has 1 amide bonds. The minimum atomic E-state index is -0.944. The van der Waals surface area contributed by atoms with Gasteiger partial charge in [-0.15, -0.1) is 11.3 Å². The van der Waals surface area contributed by atoms with Crippen LogP contribution in [0.1, 0.15) is 71.6 Å². The molecular weight excluding hydrogens is 360 g/mol. The van der Waals surface area contributed by atoms with Crippen molar-refractivity contribution < 1.29 is 14.7 Å². The minimum Gasteiger partial charge on any atom is -0.478 e. The molecule has 27 heavy (non-hydrogen) atoms. The van der Waals surface area contributed by atoms with Gasteiger partial charge in [0.25, 0.3) is 0 Å². The number of thiazole rings is 1. The van der Waals surface area contributed by atoms with Gasteiger partial charge in [-0.2, -0.15) is 0 Å².